The molecule has 34 heavy (non-hydrogen) atoms. The maximum atomic E-state index is 13.0. The number of methoxy groups -OCH3 is 2. The molecule has 2 aromatic carbocycles. The van der Waals surface area contributed by atoms with Crippen LogP contribution in [0.15, 0.2) is 36.4 Å². The third kappa shape index (κ3) is 5.19. The Hall–Kier alpha value is -3.47. The third-order valence-corrected chi connectivity index (χ3v) is 5.55. The molecule has 1 atom stereocenters. The fraction of sp³-hybridized carbons (Fsp3) is 0.318. The number of hydrogen-bond donors (Lipinski definition) is 2. The van der Waals surface area contributed by atoms with Gasteiger partial charge in [-0.3, -0.25) is 14.5 Å². The maximum absolute atomic E-state index is 13.0. The molecule has 0 aromatic heterocycles. The minimum absolute atomic E-state index is 0.0928. The molecule has 4 amide bonds. The Morgan fingerprint density at radius 3 is 2.41 bits per heavy atom. The number of anilines is 1. The summed E-state index contributed by atoms with van der Waals surface area (Å²) in [6, 6.07) is 6.66. The van der Waals surface area contributed by atoms with Crippen molar-refractivity contribution in [1.82, 2.24) is 10.2 Å². The smallest absolute Gasteiger partial charge is 0.416 e. The summed E-state index contributed by atoms with van der Waals surface area (Å²) in [6.45, 7) is 0.796. The van der Waals surface area contributed by atoms with E-state index in [0.29, 0.717) is 28.0 Å². The van der Waals surface area contributed by atoms with E-state index in [0.717, 1.165) is 12.1 Å². The number of urea groups is 1. The molecule has 8 nitrogen and oxygen atoms in total. The van der Waals surface area contributed by atoms with Crippen LogP contribution in [0.25, 0.3) is 0 Å². The molecule has 0 aliphatic carbocycles. The van der Waals surface area contributed by atoms with Gasteiger partial charge in [-0.05, 0) is 42.8 Å². The lowest BCUT2D eigenvalue weighted by Gasteiger charge is -2.22. The molecule has 1 aliphatic heterocycles. The average molecular weight is 500 g/mol. The van der Waals surface area contributed by atoms with Crippen LogP contribution in [0.3, 0.4) is 0 Å². The molecule has 1 fully saturated rings. The van der Waals surface area contributed by atoms with Gasteiger partial charge in [-0.25, -0.2) is 4.79 Å². The van der Waals surface area contributed by atoms with Crippen LogP contribution < -0.4 is 20.1 Å². The summed E-state index contributed by atoms with van der Waals surface area (Å²) in [5, 5.41) is 4.66. The molecular formula is C22H21ClF3N3O5. The van der Waals surface area contributed by atoms with Crippen LogP contribution in [0, 0.1) is 0 Å². The van der Waals surface area contributed by atoms with Crippen molar-refractivity contribution in [3.05, 3.63) is 52.5 Å². The van der Waals surface area contributed by atoms with Crippen LogP contribution in [0.4, 0.5) is 23.7 Å². The fourth-order valence-corrected chi connectivity index (χ4v) is 3.70. The van der Waals surface area contributed by atoms with Crippen LogP contribution in [0.2, 0.25) is 5.02 Å². The lowest BCUT2D eigenvalue weighted by molar-refractivity contribution is -0.137. The molecule has 1 aliphatic rings. The van der Waals surface area contributed by atoms with Crippen molar-refractivity contribution in [2.24, 2.45) is 0 Å². The SMILES string of the molecule is COc1ccc(CC2(C)NC(=O)N(CC(=O)Nc3cc(C(F)(F)F)ccc3Cl)C2=O)cc1OC. The Morgan fingerprint density at radius 1 is 1.12 bits per heavy atom. The predicted molar refractivity (Wildman–Crippen MR) is 117 cm³/mol. The molecule has 1 saturated heterocycles. The Bertz CT molecular complexity index is 1140. The number of nitrogens with zero attached hydrogens (tertiary/aromatic N) is 1. The quantitative estimate of drug-likeness (QED) is 0.564. The summed E-state index contributed by atoms with van der Waals surface area (Å²) < 4.78 is 49.3. The molecular weight excluding hydrogens is 479 g/mol. The molecule has 0 spiro atoms. The Labute approximate surface area is 198 Å². The van der Waals surface area contributed by atoms with E-state index in [1.54, 1.807) is 18.2 Å². The Balaban J connectivity index is 1.73. The van der Waals surface area contributed by atoms with Crippen LogP contribution >= 0.6 is 11.6 Å². The largest absolute Gasteiger partial charge is 0.493 e. The van der Waals surface area contributed by atoms with E-state index >= 15 is 0 Å². The van der Waals surface area contributed by atoms with Crippen molar-refractivity contribution in [3.63, 3.8) is 0 Å². The molecule has 3 rings (SSSR count). The summed E-state index contributed by atoms with van der Waals surface area (Å²) in [5.41, 5.74) is -1.99. The number of halogens is 4. The highest BCUT2D eigenvalue weighted by Gasteiger charge is 2.48. The third-order valence-electron chi connectivity index (χ3n) is 5.22. The lowest BCUT2D eigenvalue weighted by atomic mass is 9.92. The highest BCUT2D eigenvalue weighted by atomic mass is 35.5. The summed E-state index contributed by atoms with van der Waals surface area (Å²) in [5.74, 6) is -0.628. The summed E-state index contributed by atoms with van der Waals surface area (Å²) >= 11 is 5.89. The lowest BCUT2D eigenvalue weighted by Crippen LogP contribution is -2.46. The van der Waals surface area contributed by atoms with E-state index in [-0.39, 0.29) is 17.1 Å². The normalized spacial score (nSPS) is 18.0. The molecule has 182 valence electrons. The van der Waals surface area contributed by atoms with E-state index in [2.05, 4.69) is 10.6 Å². The van der Waals surface area contributed by atoms with Gasteiger partial charge in [0.2, 0.25) is 5.91 Å². The van der Waals surface area contributed by atoms with E-state index < -0.39 is 41.7 Å². The van der Waals surface area contributed by atoms with Crippen molar-refractivity contribution in [2.75, 3.05) is 26.1 Å². The highest BCUT2D eigenvalue weighted by Crippen LogP contribution is 2.34. The molecule has 1 heterocycles. The number of ether oxygens (including phenoxy) is 2. The number of hydrogen-bond acceptors (Lipinski definition) is 5. The second kappa shape index (κ2) is 9.41. The van der Waals surface area contributed by atoms with E-state index in [1.807, 2.05) is 0 Å². The molecule has 12 heteroatoms. The van der Waals surface area contributed by atoms with Gasteiger partial charge in [-0.1, -0.05) is 17.7 Å². The van der Waals surface area contributed by atoms with Gasteiger partial charge in [-0.15, -0.1) is 0 Å². The molecule has 0 saturated carbocycles. The van der Waals surface area contributed by atoms with E-state index in [1.165, 1.54) is 21.1 Å². The highest BCUT2D eigenvalue weighted by molar-refractivity contribution is 6.33. The van der Waals surface area contributed by atoms with Crippen molar-refractivity contribution in [3.8, 4) is 11.5 Å². The van der Waals surface area contributed by atoms with Gasteiger partial charge in [-0.2, -0.15) is 13.2 Å². The van der Waals surface area contributed by atoms with Crippen molar-refractivity contribution in [1.29, 1.82) is 0 Å². The van der Waals surface area contributed by atoms with E-state index in [9.17, 15) is 27.6 Å². The minimum Gasteiger partial charge on any atom is -0.493 e. The number of carbonyl (C=O) groups excluding carboxylic acids is 3. The number of alkyl halides is 3. The van der Waals surface area contributed by atoms with Gasteiger partial charge in [0.25, 0.3) is 5.91 Å². The zero-order valence-electron chi connectivity index (χ0n) is 18.4. The zero-order valence-corrected chi connectivity index (χ0v) is 19.1. The second-order valence-electron chi connectivity index (χ2n) is 7.76. The van der Waals surface area contributed by atoms with Gasteiger partial charge in [0.15, 0.2) is 11.5 Å². The van der Waals surface area contributed by atoms with Crippen LogP contribution in [-0.2, 0) is 22.2 Å². The van der Waals surface area contributed by atoms with Crippen molar-refractivity contribution in [2.45, 2.75) is 25.1 Å². The number of rotatable bonds is 7. The van der Waals surface area contributed by atoms with Crippen LogP contribution in [0.1, 0.15) is 18.1 Å². The van der Waals surface area contributed by atoms with Crippen molar-refractivity contribution < 1.29 is 37.0 Å². The first-order valence-corrected chi connectivity index (χ1v) is 10.3. The van der Waals surface area contributed by atoms with E-state index in [4.69, 9.17) is 21.1 Å². The van der Waals surface area contributed by atoms with Gasteiger partial charge in [0.1, 0.15) is 12.1 Å². The number of benzene rings is 2. The maximum Gasteiger partial charge on any atom is 0.416 e. The minimum atomic E-state index is -4.64. The van der Waals surface area contributed by atoms with Gasteiger partial charge in [0.05, 0.1) is 30.5 Å². The van der Waals surface area contributed by atoms with Crippen molar-refractivity contribution >= 4 is 35.1 Å². The van der Waals surface area contributed by atoms with Crippen LogP contribution in [0.5, 0.6) is 11.5 Å². The molecule has 2 aromatic rings. The zero-order chi connectivity index (χ0) is 25.3. The predicted octanol–water partition coefficient (Wildman–Crippen LogP) is 3.87. The molecule has 0 bridgehead atoms. The first kappa shape index (κ1) is 25.2. The van der Waals surface area contributed by atoms with Gasteiger partial charge >= 0.3 is 12.2 Å². The summed E-state index contributed by atoms with van der Waals surface area (Å²) in [6.07, 6.45) is -4.55. The molecule has 2 N–H and O–H groups in total. The van der Waals surface area contributed by atoms with Gasteiger partial charge in [0, 0.05) is 6.42 Å². The Morgan fingerprint density at radius 2 is 1.79 bits per heavy atom. The Kier molecular flexibility index (Phi) is 6.97. The number of carbonyl (C=O) groups is 3. The van der Waals surface area contributed by atoms with Crippen LogP contribution in [-0.4, -0.2) is 49.0 Å². The summed E-state index contributed by atoms with van der Waals surface area (Å²) in [4.78, 5) is 38.6. The number of amides is 4. The van der Waals surface area contributed by atoms with Gasteiger partial charge < -0.3 is 20.1 Å². The molecule has 0 radical (unpaired) electrons. The number of imide groups is 1. The second-order valence-corrected chi connectivity index (χ2v) is 8.17. The monoisotopic (exact) mass is 499 g/mol. The standard InChI is InChI=1S/C22H21ClF3N3O5/c1-21(10-12-4-7-16(33-2)17(8-12)34-3)19(31)29(20(32)28-21)11-18(30)27-15-9-13(22(24,25)26)5-6-14(15)23/h4-9H,10-11H2,1-3H3,(H,27,30)(H,28,32). The first-order valence-electron chi connectivity index (χ1n) is 9.89. The molecule has 1 unspecified atom stereocenters. The fourth-order valence-electron chi connectivity index (χ4n) is 3.54. The summed E-state index contributed by atoms with van der Waals surface area (Å²) in [7, 11) is 2.94. The topological polar surface area (TPSA) is 97.0 Å². The average Bonchev–Trinajstić information content (AvgIpc) is 2.97. The first-order chi connectivity index (χ1) is 15.9. The number of nitrogens with one attached hydrogen (secondary N) is 2.